The van der Waals surface area contributed by atoms with E-state index in [1.165, 1.54) is 6.07 Å². The lowest BCUT2D eigenvalue weighted by Crippen LogP contribution is -2.31. The molecule has 178 valence electrons. The van der Waals surface area contributed by atoms with E-state index in [1.807, 2.05) is 6.07 Å². The van der Waals surface area contributed by atoms with Gasteiger partial charge in [0.05, 0.1) is 23.1 Å². The molecule has 0 saturated carbocycles. The van der Waals surface area contributed by atoms with Crippen molar-refractivity contribution in [1.29, 1.82) is 0 Å². The van der Waals surface area contributed by atoms with Crippen molar-refractivity contribution in [2.75, 3.05) is 32.1 Å². The molecule has 0 unspecified atom stereocenters. The monoisotopic (exact) mass is 467 g/mol. The number of hydrogen-bond acceptors (Lipinski definition) is 5. The van der Waals surface area contributed by atoms with Gasteiger partial charge in [0.1, 0.15) is 24.0 Å². The Morgan fingerprint density at radius 3 is 2.97 bits per heavy atom. The molecule has 2 aromatic heterocycles. The summed E-state index contributed by atoms with van der Waals surface area (Å²) in [6, 6.07) is 4.20. The van der Waals surface area contributed by atoms with Crippen molar-refractivity contribution in [3.63, 3.8) is 0 Å². The number of carbonyl (C=O) groups excluding carboxylic acids is 1. The molecule has 5 rings (SSSR count). The molecule has 1 atom stereocenters. The molecule has 4 heterocycles. The number of aromatic nitrogens is 2. The summed E-state index contributed by atoms with van der Waals surface area (Å²) in [4.78, 5) is 22.7. The van der Waals surface area contributed by atoms with Crippen LogP contribution in [-0.2, 0) is 6.42 Å². The Morgan fingerprint density at radius 2 is 2.18 bits per heavy atom. The van der Waals surface area contributed by atoms with Crippen LogP contribution in [0.2, 0.25) is 0 Å². The Morgan fingerprint density at radius 1 is 1.32 bits per heavy atom. The van der Waals surface area contributed by atoms with Gasteiger partial charge in [0.15, 0.2) is 0 Å². The van der Waals surface area contributed by atoms with E-state index in [-0.39, 0.29) is 17.2 Å². The number of amides is 1. The van der Waals surface area contributed by atoms with Crippen LogP contribution in [0.4, 0.5) is 20.2 Å². The number of carbonyl (C=O) groups is 1. The van der Waals surface area contributed by atoms with E-state index in [4.69, 9.17) is 4.74 Å². The van der Waals surface area contributed by atoms with E-state index in [2.05, 4.69) is 32.5 Å². The van der Waals surface area contributed by atoms with Crippen LogP contribution in [0.5, 0.6) is 5.75 Å². The fourth-order valence-corrected chi connectivity index (χ4v) is 4.69. The van der Waals surface area contributed by atoms with Crippen LogP contribution < -0.4 is 15.4 Å². The molecule has 0 radical (unpaired) electrons. The van der Waals surface area contributed by atoms with Crippen molar-refractivity contribution in [2.45, 2.75) is 32.2 Å². The van der Waals surface area contributed by atoms with Crippen molar-refractivity contribution >= 4 is 17.3 Å². The molecule has 3 N–H and O–H groups in total. The Balaban J connectivity index is 1.57. The first-order valence-corrected chi connectivity index (χ1v) is 11.5. The lowest BCUT2D eigenvalue weighted by atomic mass is 10.0. The summed E-state index contributed by atoms with van der Waals surface area (Å²) in [5.74, 6) is -1.03. The van der Waals surface area contributed by atoms with Crippen LogP contribution in [0, 0.1) is 18.6 Å². The largest absolute Gasteiger partial charge is 0.490 e. The predicted octanol–water partition coefficient (Wildman–Crippen LogP) is 4.17. The number of likely N-dealkylation sites (N-methyl/N-ethyl adjacent to an activating group) is 1. The number of benzene rings is 1. The first-order chi connectivity index (χ1) is 16.4. The Kier molecular flexibility index (Phi) is 5.95. The highest BCUT2D eigenvalue weighted by molar-refractivity contribution is 6.06. The van der Waals surface area contributed by atoms with Crippen molar-refractivity contribution in [3.8, 4) is 17.0 Å². The topological polar surface area (TPSA) is 82.3 Å². The first kappa shape index (κ1) is 22.3. The molecule has 1 aromatic carbocycles. The van der Waals surface area contributed by atoms with Gasteiger partial charge in [0.2, 0.25) is 0 Å². The molecule has 1 fully saturated rings. The zero-order valence-corrected chi connectivity index (χ0v) is 19.2. The molecule has 9 heteroatoms. The second-order valence-corrected chi connectivity index (χ2v) is 8.88. The first-order valence-electron chi connectivity index (χ1n) is 11.5. The summed E-state index contributed by atoms with van der Waals surface area (Å²) in [5, 5.41) is 5.99. The molecule has 3 aromatic rings. The third-order valence-electron chi connectivity index (χ3n) is 6.69. The average molecular weight is 468 g/mol. The molecular formula is C25H27F2N5O2. The minimum atomic E-state index is -0.699. The van der Waals surface area contributed by atoms with E-state index in [1.54, 1.807) is 19.3 Å². The van der Waals surface area contributed by atoms with E-state index in [9.17, 15) is 13.6 Å². The minimum Gasteiger partial charge on any atom is -0.490 e. The minimum absolute atomic E-state index is 0.245. The van der Waals surface area contributed by atoms with Crippen molar-refractivity contribution in [2.24, 2.45) is 0 Å². The standard InChI is InChI=1S/C25H27F2N5O2/c1-14-18(27)10-15(26)11-20(14)31-24-22-19(6-8-29-25(22)33)30-23(24)17-5-7-28-12-21(17)34-13-16-4-3-9-32(16)2/h5,7,10-12,16,30-31H,3-4,6,8-9,13H2,1-2H3,(H,29,33)/t16-/m0/s1. The number of pyridine rings is 1. The van der Waals surface area contributed by atoms with Crippen LogP contribution in [0.1, 0.15) is 34.5 Å². The molecule has 2 aliphatic heterocycles. The summed E-state index contributed by atoms with van der Waals surface area (Å²) >= 11 is 0. The summed E-state index contributed by atoms with van der Waals surface area (Å²) < 4.78 is 34.5. The third-order valence-corrected chi connectivity index (χ3v) is 6.69. The zero-order chi connectivity index (χ0) is 23.8. The van der Waals surface area contributed by atoms with Gasteiger partial charge in [0.25, 0.3) is 5.91 Å². The highest BCUT2D eigenvalue weighted by Crippen LogP contribution is 2.41. The van der Waals surface area contributed by atoms with Gasteiger partial charge in [-0.25, -0.2) is 8.78 Å². The Bertz CT molecular complexity index is 1240. The van der Waals surface area contributed by atoms with E-state index < -0.39 is 11.6 Å². The number of nitrogens with one attached hydrogen (secondary N) is 3. The maximum Gasteiger partial charge on any atom is 0.255 e. The number of H-pyrrole nitrogens is 1. The van der Waals surface area contributed by atoms with Gasteiger partial charge in [0, 0.05) is 53.8 Å². The Labute approximate surface area is 196 Å². The molecule has 2 aliphatic rings. The molecule has 1 saturated heterocycles. The molecular weight excluding hydrogens is 440 g/mol. The van der Waals surface area contributed by atoms with Crippen LogP contribution >= 0.6 is 0 Å². The number of anilines is 2. The zero-order valence-electron chi connectivity index (χ0n) is 19.2. The van der Waals surface area contributed by atoms with Gasteiger partial charge in [-0.05, 0) is 45.5 Å². The summed E-state index contributed by atoms with van der Waals surface area (Å²) in [5.41, 5.74) is 3.49. The lowest BCUT2D eigenvalue weighted by Gasteiger charge is -2.21. The average Bonchev–Trinajstić information content (AvgIpc) is 3.39. The summed E-state index contributed by atoms with van der Waals surface area (Å²) in [6.45, 7) is 3.64. The van der Waals surface area contributed by atoms with Crippen LogP contribution in [0.15, 0.2) is 30.6 Å². The van der Waals surface area contributed by atoms with Gasteiger partial charge < -0.3 is 25.3 Å². The number of nitrogens with zero attached hydrogens (tertiary/aromatic N) is 2. The molecule has 7 nitrogen and oxygen atoms in total. The fraction of sp³-hybridized carbons (Fsp3) is 0.360. The second kappa shape index (κ2) is 9.06. The number of ether oxygens (including phenoxy) is 1. The van der Waals surface area contributed by atoms with Crippen molar-refractivity contribution in [1.82, 2.24) is 20.2 Å². The predicted molar refractivity (Wildman–Crippen MR) is 126 cm³/mol. The quantitative estimate of drug-likeness (QED) is 0.507. The molecule has 1 amide bonds. The maximum atomic E-state index is 14.3. The summed E-state index contributed by atoms with van der Waals surface area (Å²) in [6.07, 6.45) is 6.13. The SMILES string of the molecule is Cc1c(F)cc(F)cc1Nc1c(-c2ccncc2OC[C@@H]2CCCN2C)[nH]c2c1C(=O)NCC2. The number of halogens is 2. The third kappa shape index (κ3) is 4.11. The number of hydrogen-bond donors (Lipinski definition) is 3. The maximum absolute atomic E-state index is 14.3. The molecule has 0 bridgehead atoms. The van der Waals surface area contributed by atoms with Crippen LogP contribution in [0.3, 0.4) is 0 Å². The summed E-state index contributed by atoms with van der Waals surface area (Å²) in [7, 11) is 2.09. The van der Waals surface area contributed by atoms with Gasteiger partial charge in [-0.15, -0.1) is 0 Å². The molecule has 0 spiro atoms. The van der Waals surface area contributed by atoms with Gasteiger partial charge in [-0.1, -0.05) is 0 Å². The highest BCUT2D eigenvalue weighted by atomic mass is 19.1. The second-order valence-electron chi connectivity index (χ2n) is 8.88. The molecule has 0 aliphatic carbocycles. The van der Waals surface area contributed by atoms with E-state index >= 15 is 0 Å². The number of fused-ring (bicyclic) bond motifs is 1. The lowest BCUT2D eigenvalue weighted by molar-refractivity contribution is 0.0947. The molecule has 34 heavy (non-hydrogen) atoms. The van der Waals surface area contributed by atoms with Crippen molar-refractivity contribution in [3.05, 3.63) is 59.0 Å². The Hall–Kier alpha value is -3.46. The normalized spacial score (nSPS) is 18.0. The number of rotatable bonds is 6. The van der Waals surface area contributed by atoms with Crippen LogP contribution in [0.25, 0.3) is 11.3 Å². The number of likely N-dealkylation sites (tertiary alicyclic amines) is 1. The number of aromatic amines is 1. The van der Waals surface area contributed by atoms with Gasteiger partial charge in [-0.3, -0.25) is 9.78 Å². The van der Waals surface area contributed by atoms with E-state index in [0.717, 1.165) is 36.7 Å². The fourth-order valence-electron chi connectivity index (χ4n) is 4.69. The van der Waals surface area contributed by atoms with Gasteiger partial charge in [-0.2, -0.15) is 0 Å². The highest BCUT2D eigenvalue weighted by Gasteiger charge is 2.29. The van der Waals surface area contributed by atoms with Crippen LogP contribution in [-0.4, -0.2) is 53.6 Å². The van der Waals surface area contributed by atoms with Gasteiger partial charge >= 0.3 is 0 Å². The van der Waals surface area contributed by atoms with Crippen molar-refractivity contribution < 1.29 is 18.3 Å². The smallest absolute Gasteiger partial charge is 0.255 e. The van der Waals surface area contributed by atoms with E-state index in [0.29, 0.717) is 48.3 Å².